The van der Waals surface area contributed by atoms with E-state index in [1.165, 1.54) is 10.4 Å². The molecule has 0 saturated heterocycles. The Balaban J connectivity index is 1.68. The van der Waals surface area contributed by atoms with Crippen LogP contribution in [0.25, 0.3) is 15.3 Å². The number of hydrogen-bond acceptors (Lipinski definition) is 3. The van der Waals surface area contributed by atoms with Gasteiger partial charge in [-0.3, -0.25) is 0 Å². The molecule has 0 unspecified atom stereocenters. The zero-order valence-corrected chi connectivity index (χ0v) is 22.0. The Kier molecular flexibility index (Phi) is 7.13. The predicted molar refractivity (Wildman–Crippen MR) is 146 cm³/mol. The number of benzene rings is 3. The van der Waals surface area contributed by atoms with Crippen molar-refractivity contribution in [3.63, 3.8) is 0 Å². The lowest BCUT2D eigenvalue weighted by Gasteiger charge is -2.43. The van der Waals surface area contributed by atoms with Gasteiger partial charge < -0.3 is 9.27 Å². The van der Waals surface area contributed by atoms with Crippen molar-refractivity contribution in [2.75, 3.05) is 0 Å². The van der Waals surface area contributed by atoms with Crippen LogP contribution in [0, 0.1) is 6.57 Å². The maximum absolute atomic E-state index is 7.47. The fourth-order valence-corrected chi connectivity index (χ4v) is 9.96. The zero-order valence-electron chi connectivity index (χ0n) is 20.2. The lowest BCUT2D eigenvalue weighted by atomic mass is 10.1. The van der Waals surface area contributed by atoms with Gasteiger partial charge in [-0.2, -0.15) is 0 Å². The van der Waals surface area contributed by atoms with E-state index in [4.69, 9.17) is 11.0 Å². The molecule has 0 N–H and O–H groups in total. The molecule has 0 radical (unpaired) electrons. The largest absolute Gasteiger partial charge is 0.403 e. The molecule has 0 amide bonds. The Morgan fingerprint density at radius 3 is 1.91 bits per heavy atom. The Bertz CT molecular complexity index is 1230. The average molecular weight is 483 g/mol. The van der Waals surface area contributed by atoms with Crippen LogP contribution in [-0.2, 0) is 17.5 Å². The minimum atomic E-state index is -2.57. The van der Waals surface area contributed by atoms with Gasteiger partial charge in [-0.25, -0.2) is 0 Å². The first-order chi connectivity index (χ1) is 16.4. The highest BCUT2D eigenvalue weighted by Gasteiger charge is 2.50. The number of thiazole rings is 1. The van der Waals surface area contributed by atoms with Crippen molar-refractivity contribution in [3.05, 3.63) is 107 Å². The number of aryl methyl sites for hydroxylation is 1. The molecule has 0 atom stereocenters. The van der Waals surface area contributed by atoms with Crippen LogP contribution in [0.15, 0.2) is 84.9 Å². The molecule has 5 heteroatoms. The second-order valence-electron chi connectivity index (χ2n) is 9.37. The molecule has 4 aromatic rings. The molecule has 4 rings (SSSR count). The standard InChI is InChI=1S/C29H30N2OSSi/c1-6-26-31-28(30-5)27(33-26)23-19-17-22(18-20-23)21-32-34(29(2,3)4,24-13-9-7-10-14-24)25-15-11-8-12-16-25/h7-20H,6,21H2,1-4H3. The minimum Gasteiger partial charge on any atom is -0.403 e. The van der Waals surface area contributed by atoms with Gasteiger partial charge in [0.05, 0.1) is 11.5 Å². The van der Waals surface area contributed by atoms with Crippen molar-refractivity contribution >= 4 is 35.8 Å². The molecule has 0 spiro atoms. The first-order valence-electron chi connectivity index (χ1n) is 11.6. The molecule has 1 aromatic heterocycles. The van der Waals surface area contributed by atoms with Crippen molar-refractivity contribution < 1.29 is 4.43 Å². The Hall–Kier alpha value is -3.04. The Morgan fingerprint density at radius 1 is 0.882 bits per heavy atom. The van der Waals surface area contributed by atoms with E-state index in [1.54, 1.807) is 11.3 Å². The molecule has 3 nitrogen and oxygen atoms in total. The van der Waals surface area contributed by atoms with Crippen molar-refractivity contribution in [2.24, 2.45) is 0 Å². The monoisotopic (exact) mass is 482 g/mol. The summed E-state index contributed by atoms with van der Waals surface area (Å²) in [6.07, 6.45) is 0.845. The molecule has 0 aliphatic carbocycles. The Morgan fingerprint density at radius 2 is 1.44 bits per heavy atom. The highest BCUT2D eigenvalue weighted by Crippen LogP contribution is 2.38. The van der Waals surface area contributed by atoms with Gasteiger partial charge in [0.2, 0.25) is 0 Å². The Labute approximate surface area is 208 Å². The minimum absolute atomic E-state index is 0.0562. The van der Waals surface area contributed by atoms with E-state index in [0.29, 0.717) is 12.4 Å². The lowest BCUT2D eigenvalue weighted by Crippen LogP contribution is -2.66. The number of rotatable bonds is 7. The van der Waals surface area contributed by atoms with Crippen molar-refractivity contribution in [3.8, 4) is 10.4 Å². The highest BCUT2D eigenvalue weighted by atomic mass is 32.1. The molecule has 3 aromatic carbocycles. The van der Waals surface area contributed by atoms with Crippen LogP contribution >= 0.6 is 11.3 Å². The SMILES string of the molecule is [C-]#[N+]c1nc(CC)sc1-c1ccc(CO[Si](c2ccccc2)(c2ccccc2)C(C)(C)C)cc1. The summed E-state index contributed by atoms with van der Waals surface area (Å²) in [7, 11) is -2.57. The third kappa shape index (κ3) is 4.62. The molecule has 0 aliphatic rings. The van der Waals surface area contributed by atoms with Gasteiger partial charge in [0.1, 0.15) is 0 Å². The van der Waals surface area contributed by atoms with Crippen LogP contribution in [0.2, 0.25) is 5.04 Å². The van der Waals surface area contributed by atoms with E-state index < -0.39 is 8.32 Å². The third-order valence-corrected chi connectivity index (χ3v) is 12.4. The quantitative estimate of drug-likeness (QED) is 0.209. The van der Waals surface area contributed by atoms with Crippen molar-refractivity contribution in [1.82, 2.24) is 4.98 Å². The molecule has 0 fully saturated rings. The second kappa shape index (κ2) is 10.1. The summed E-state index contributed by atoms with van der Waals surface area (Å²) in [5.74, 6) is 0.498. The molecule has 0 bridgehead atoms. The summed E-state index contributed by atoms with van der Waals surface area (Å²) in [5.41, 5.74) is 2.17. The summed E-state index contributed by atoms with van der Waals surface area (Å²) >= 11 is 1.61. The highest BCUT2D eigenvalue weighted by molar-refractivity contribution is 7.15. The first kappa shape index (κ1) is 24.1. The molecule has 172 valence electrons. The van der Waals surface area contributed by atoms with Gasteiger partial charge in [0.25, 0.3) is 14.1 Å². The van der Waals surface area contributed by atoms with E-state index in [1.807, 2.05) is 0 Å². The number of aromatic nitrogens is 1. The van der Waals surface area contributed by atoms with Gasteiger partial charge >= 0.3 is 0 Å². The molecule has 0 saturated carbocycles. The maximum Gasteiger partial charge on any atom is 0.288 e. The molecule has 0 aliphatic heterocycles. The van der Waals surface area contributed by atoms with E-state index in [2.05, 4.69) is 122 Å². The van der Waals surface area contributed by atoms with Gasteiger partial charge in [0, 0.05) is 6.42 Å². The van der Waals surface area contributed by atoms with E-state index in [0.717, 1.165) is 27.4 Å². The normalized spacial score (nSPS) is 11.9. The van der Waals surface area contributed by atoms with Crippen molar-refractivity contribution in [2.45, 2.75) is 45.8 Å². The fraction of sp³-hybridized carbons (Fsp3) is 0.241. The van der Waals surface area contributed by atoms with E-state index >= 15 is 0 Å². The second-order valence-corrected chi connectivity index (χ2v) is 14.8. The molecule has 34 heavy (non-hydrogen) atoms. The van der Waals surface area contributed by atoms with Crippen LogP contribution in [0.3, 0.4) is 0 Å². The fourth-order valence-electron chi connectivity index (χ4n) is 4.48. The summed E-state index contributed by atoms with van der Waals surface area (Å²) in [4.78, 5) is 9.04. The zero-order chi connectivity index (χ0) is 24.2. The van der Waals surface area contributed by atoms with Crippen LogP contribution in [-0.4, -0.2) is 13.3 Å². The van der Waals surface area contributed by atoms with E-state index in [-0.39, 0.29) is 5.04 Å². The van der Waals surface area contributed by atoms with Crippen LogP contribution < -0.4 is 10.4 Å². The smallest absolute Gasteiger partial charge is 0.288 e. The first-order valence-corrected chi connectivity index (χ1v) is 14.3. The molecule has 1 heterocycles. The summed E-state index contributed by atoms with van der Waals surface area (Å²) in [6.45, 7) is 17.0. The summed E-state index contributed by atoms with van der Waals surface area (Å²) in [6, 6.07) is 29.8. The topological polar surface area (TPSA) is 26.5 Å². The van der Waals surface area contributed by atoms with Gasteiger partial charge in [-0.15, -0.1) is 16.3 Å². The maximum atomic E-state index is 7.47. The lowest BCUT2D eigenvalue weighted by molar-refractivity contribution is 0.286. The third-order valence-electron chi connectivity index (χ3n) is 6.15. The van der Waals surface area contributed by atoms with Gasteiger partial charge in [-0.1, -0.05) is 119 Å². The van der Waals surface area contributed by atoms with Gasteiger partial charge in [0.15, 0.2) is 5.01 Å². The van der Waals surface area contributed by atoms with Crippen LogP contribution in [0.4, 0.5) is 5.82 Å². The van der Waals surface area contributed by atoms with E-state index in [9.17, 15) is 0 Å². The van der Waals surface area contributed by atoms with Crippen LogP contribution in [0.5, 0.6) is 0 Å². The molecular weight excluding hydrogens is 452 g/mol. The predicted octanol–water partition coefficient (Wildman–Crippen LogP) is 7.00. The number of hydrogen-bond donors (Lipinski definition) is 0. The van der Waals surface area contributed by atoms with Crippen molar-refractivity contribution in [1.29, 1.82) is 0 Å². The van der Waals surface area contributed by atoms with Crippen LogP contribution in [0.1, 0.15) is 38.3 Å². The van der Waals surface area contributed by atoms with Gasteiger partial charge in [-0.05, 0) is 26.5 Å². The molecular formula is C29H30N2OSSi. The summed E-state index contributed by atoms with van der Waals surface area (Å²) < 4.78 is 7.04. The average Bonchev–Trinajstić information content (AvgIpc) is 3.29. The summed E-state index contributed by atoms with van der Waals surface area (Å²) in [5, 5.41) is 3.51. The number of nitrogens with zero attached hydrogens (tertiary/aromatic N) is 2.